The minimum atomic E-state index is -0.181. The van der Waals surface area contributed by atoms with Crippen LogP contribution < -0.4 is 5.32 Å². The van der Waals surface area contributed by atoms with Gasteiger partial charge in [-0.2, -0.15) is 0 Å². The number of carbonyl (C=O) groups is 2. The third-order valence-corrected chi connectivity index (χ3v) is 4.25. The summed E-state index contributed by atoms with van der Waals surface area (Å²) in [5, 5.41) is 11.9. The number of ether oxygens (including phenoxy) is 1. The van der Waals surface area contributed by atoms with Crippen molar-refractivity contribution < 1.29 is 19.4 Å². The number of carbonyl (C=O) groups excluding carboxylic acids is 2. The van der Waals surface area contributed by atoms with Gasteiger partial charge in [-0.3, -0.25) is 4.79 Å². The molecule has 1 saturated heterocycles. The number of esters is 1. The average Bonchev–Trinajstić information content (AvgIpc) is 3.14. The number of hydrogen-bond acceptors (Lipinski definition) is 4. The van der Waals surface area contributed by atoms with Crippen molar-refractivity contribution in [1.29, 1.82) is 0 Å². The lowest BCUT2D eigenvalue weighted by Crippen LogP contribution is -2.18. The van der Waals surface area contributed by atoms with E-state index in [1.807, 2.05) is 18.2 Å². The molecule has 22 heavy (non-hydrogen) atoms. The van der Waals surface area contributed by atoms with E-state index in [1.165, 1.54) is 11.1 Å². The van der Waals surface area contributed by atoms with Crippen LogP contribution in [0.25, 0.3) is 0 Å². The van der Waals surface area contributed by atoms with Gasteiger partial charge >= 0.3 is 5.97 Å². The molecule has 1 fully saturated rings. The predicted octanol–water partition coefficient (Wildman–Crippen LogP) is 1.96. The number of nitrogens with one attached hydrogen (secondary N) is 1. The first-order valence-electron chi connectivity index (χ1n) is 7.18. The molecule has 5 nitrogen and oxygen atoms in total. The molecule has 2 atom stereocenters. The second-order valence-electron chi connectivity index (χ2n) is 5.53. The van der Waals surface area contributed by atoms with Crippen molar-refractivity contribution in [3.05, 3.63) is 58.9 Å². The van der Waals surface area contributed by atoms with Gasteiger partial charge in [0.15, 0.2) is 0 Å². The summed E-state index contributed by atoms with van der Waals surface area (Å²) in [6, 6.07) is 8.17. The van der Waals surface area contributed by atoms with Crippen LogP contribution in [0.5, 0.6) is 0 Å². The standard InChI is InChI=1S/C12H11NO2.C5H6O2/c14-6-10-9-5-7-3-1-2-4-8(7)11(9)13-12(10)15;1-4-2-3-7-5(4)6/h1-4,6,9,11,14H,5H2,(H,13,15);2H,3H2,1H3/b10-6+;. The van der Waals surface area contributed by atoms with E-state index in [-0.39, 0.29) is 23.8 Å². The summed E-state index contributed by atoms with van der Waals surface area (Å²) in [6.45, 7) is 2.21. The van der Waals surface area contributed by atoms with Crippen molar-refractivity contribution >= 4 is 11.9 Å². The van der Waals surface area contributed by atoms with Gasteiger partial charge in [0.1, 0.15) is 6.61 Å². The predicted molar refractivity (Wildman–Crippen MR) is 79.9 cm³/mol. The summed E-state index contributed by atoms with van der Waals surface area (Å²) < 4.78 is 4.53. The summed E-state index contributed by atoms with van der Waals surface area (Å²) in [5.74, 6) is -0.207. The molecular weight excluding hydrogens is 282 g/mol. The first-order chi connectivity index (χ1) is 10.6. The van der Waals surface area contributed by atoms with Gasteiger partial charge in [-0.15, -0.1) is 0 Å². The van der Waals surface area contributed by atoms with Gasteiger partial charge in [0.25, 0.3) is 5.91 Å². The zero-order valence-electron chi connectivity index (χ0n) is 12.2. The lowest BCUT2D eigenvalue weighted by atomic mass is 9.98. The SMILES string of the molecule is CC1=CCOC1=O.O=C1NC2c3ccccc3CC2/C1=C\O. The second-order valence-corrected chi connectivity index (χ2v) is 5.53. The number of fused-ring (bicyclic) bond motifs is 3. The molecule has 5 heteroatoms. The highest BCUT2D eigenvalue weighted by atomic mass is 16.5. The maximum absolute atomic E-state index is 11.5. The maximum Gasteiger partial charge on any atom is 0.333 e. The Labute approximate surface area is 128 Å². The number of aliphatic hydroxyl groups is 1. The summed E-state index contributed by atoms with van der Waals surface area (Å²) in [7, 11) is 0. The Hall–Kier alpha value is -2.56. The lowest BCUT2D eigenvalue weighted by molar-refractivity contribution is -0.135. The number of amides is 1. The number of aliphatic hydroxyl groups excluding tert-OH is 1. The second kappa shape index (κ2) is 5.67. The lowest BCUT2D eigenvalue weighted by Gasteiger charge is -2.08. The van der Waals surface area contributed by atoms with Crippen molar-refractivity contribution in [3.8, 4) is 0 Å². The molecule has 2 N–H and O–H groups in total. The molecule has 2 aliphatic heterocycles. The number of cyclic esters (lactones) is 1. The van der Waals surface area contributed by atoms with Gasteiger partial charge in [-0.05, 0) is 30.5 Å². The molecule has 2 heterocycles. The fraction of sp³-hybridized carbons (Fsp3) is 0.294. The molecule has 0 saturated carbocycles. The van der Waals surface area contributed by atoms with Crippen LogP contribution in [-0.4, -0.2) is 23.6 Å². The normalized spacial score (nSPS) is 26.6. The van der Waals surface area contributed by atoms with Crippen LogP contribution in [0.3, 0.4) is 0 Å². The Morgan fingerprint density at radius 2 is 2.09 bits per heavy atom. The third-order valence-electron chi connectivity index (χ3n) is 4.25. The Bertz CT molecular complexity index is 690. The number of benzene rings is 1. The zero-order chi connectivity index (χ0) is 15.7. The van der Waals surface area contributed by atoms with E-state index >= 15 is 0 Å². The van der Waals surface area contributed by atoms with E-state index in [0.717, 1.165) is 18.3 Å². The third kappa shape index (κ3) is 2.39. The highest BCUT2D eigenvalue weighted by molar-refractivity contribution is 5.97. The smallest absolute Gasteiger partial charge is 0.333 e. The van der Waals surface area contributed by atoms with Crippen LogP contribution in [0.15, 0.2) is 47.7 Å². The number of hydrogen-bond donors (Lipinski definition) is 2. The van der Waals surface area contributed by atoms with Crippen LogP contribution in [0.2, 0.25) is 0 Å². The highest BCUT2D eigenvalue weighted by Crippen LogP contribution is 2.43. The van der Waals surface area contributed by atoms with Gasteiger partial charge in [0.2, 0.25) is 0 Å². The van der Waals surface area contributed by atoms with Gasteiger partial charge in [-0.1, -0.05) is 24.3 Å². The molecule has 1 aromatic rings. The molecule has 0 radical (unpaired) electrons. The first kappa shape index (κ1) is 14.4. The Kier molecular flexibility index (Phi) is 3.71. The topological polar surface area (TPSA) is 75.6 Å². The molecule has 0 bridgehead atoms. The van der Waals surface area contributed by atoms with Crippen molar-refractivity contribution in [2.24, 2.45) is 5.92 Å². The Morgan fingerprint density at radius 1 is 1.32 bits per heavy atom. The van der Waals surface area contributed by atoms with Crippen molar-refractivity contribution in [2.45, 2.75) is 19.4 Å². The average molecular weight is 299 g/mol. The summed E-state index contributed by atoms with van der Waals surface area (Å²) in [6.07, 6.45) is 3.56. The Balaban J connectivity index is 0.000000174. The van der Waals surface area contributed by atoms with Crippen LogP contribution in [0.1, 0.15) is 24.1 Å². The van der Waals surface area contributed by atoms with Gasteiger partial charge in [0.05, 0.1) is 17.9 Å². The zero-order valence-corrected chi connectivity index (χ0v) is 12.2. The molecule has 4 rings (SSSR count). The molecule has 114 valence electrons. The molecule has 2 unspecified atom stereocenters. The minimum absolute atomic E-state index is 0.0621. The van der Waals surface area contributed by atoms with E-state index in [4.69, 9.17) is 5.11 Å². The first-order valence-corrected chi connectivity index (χ1v) is 7.18. The fourth-order valence-corrected chi connectivity index (χ4v) is 3.05. The van der Waals surface area contributed by atoms with Crippen LogP contribution in [0.4, 0.5) is 0 Å². The molecular formula is C17H17NO4. The van der Waals surface area contributed by atoms with Crippen LogP contribution in [0, 0.1) is 5.92 Å². The highest BCUT2D eigenvalue weighted by Gasteiger charge is 2.43. The fourth-order valence-electron chi connectivity index (χ4n) is 3.05. The molecule has 3 aliphatic rings. The van der Waals surface area contributed by atoms with Crippen molar-refractivity contribution in [1.82, 2.24) is 5.32 Å². The van der Waals surface area contributed by atoms with E-state index in [2.05, 4.69) is 16.1 Å². The van der Waals surface area contributed by atoms with E-state index in [0.29, 0.717) is 12.2 Å². The van der Waals surface area contributed by atoms with Gasteiger partial charge in [0, 0.05) is 11.5 Å². The van der Waals surface area contributed by atoms with E-state index in [1.54, 1.807) is 13.0 Å². The summed E-state index contributed by atoms with van der Waals surface area (Å²) in [5.41, 5.74) is 3.69. The van der Waals surface area contributed by atoms with E-state index in [9.17, 15) is 9.59 Å². The molecule has 0 aromatic heterocycles. The largest absolute Gasteiger partial charge is 0.515 e. The van der Waals surface area contributed by atoms with Crippen molar-refractivity contribution in [2.75, 3.05) is 6.61 Å². The number of rotatable bonds is 0. The monoisotopic (exact) mass is 299 g/mol. The van der Waals surface area contributed by atoms with Crippen molar-refractivity contribution in [3.63, 3.8) is 0 Å². The minimum Gasteiger partial charge on any atom is -0.515 e. The summed E-state index contributed by atoms with van der Waals surface area (Å²) in [4.78, 5) is 21.8. The summed E-state index contributed by atoms with van der Waals surface area (Å²) >= 11 is 0. The molecule has 1 aliphatic carbocycles. The van der Waals surface area contributed by atoms with E-state index < -0.39 is 0 Å². The Morgan fingerprint density at radius 3 is 2.68 bits per heavy atom. The molecule has 1 aromatic carbocycles. The van der Waals surface area contributed by atoms with Crippen LogP contribution >= 0.6 is 0 Å². The van der Waals surface area contributed by atoms with Crippen LogP contribution in [-0.2, 0) is 20.7 Å². The maximum atomic E-state index is 11.5. The molecule has 1 amide bonds. The molecule has 0 spiro atoms. The quantitative estimate of drug-likeness (QED) is 0.436. The van der Waals surface area contributed by atoms with Gasteiger partial charge < -0.3 is 15.2 Å². The van der Waals surface area contributed by atoms with Gasteiger partial charge in [-0.25, -0.2) is 4.79 Å².